The second kappa shape index (κ2) is 6.80. The summed E-state index contributed by atoms with van der Waals surface area (Å²) >= 11 is 0. The minimum absolute atomic E-state index is 0.157. The number of hydrogen-bond donors (Lipinski definition) is 3. The molecule has 0 unspecified atom stereocenters. The molecule has 3 N–H and O–H groups in total. The number of anilines is 2. The minimum Gasteiger partial charge on any atom is -0.375 e. The van der Waals surface area contributed by atoms with E-state index in [4.69, 9.17) is 0 Å². The van der Waals surface area contributed by atoms with E-state index in [9.17, 15) is 18.0 Å². The van der Waals surface area contributed by atoms with Gasteiger partial charge in [0.05, 0.1) is 17.9 Å². The molecule has 4 nitrogen and oxygen atoms in total. The third-order valence-corrected chi connectivity index (χ3v) is 3.10. The van der Waals surface area contributed by atoms with Crippen LogP contribution < -0.4 is 16.0 Å². The van der Waals surface area contributed by atoms with Crippen LogP contribution >= 0.6 is 0 Å². The zero-order valence-corrected chi connectivity index (χ0v) is 11.5. The lowest BCUT2D eigenvalue weighted by Gasteiger charge is -2.14. The molecule has 1 amide bonds. The highest BCUT2D eigenvalue weighted by atomic mass is 19.4. The summed E-state index contributed by atoms with van der Waals surface area (Å²) in [6, 6.07) is 6.34. The molecule has 1 aliphatic carbocycles. The third kappa shape index (κ3) is 6.03. The Kier molecular flexibility index (Phi) is 5.06. The lowest BCUT2D eigenvalue weighted by atomic mass is 10.2. The van der Waals surface area contributed by atoms with Crippen molar-refractivity contribution in [3.63, 3.8) is 0 Å². The van der Waals surface area contributed by atoms with Crippen LogP contribution in [0.2, 0.25) is 0 Å². The van der Waals surface area contributed by atoms with Crippen molar-refractivity contribution in [2.24, 2.45) is 5.92 Å². The molecule has 1 aliphatic rings. The maximum atomic E-state index is 12.2. The van der Waals surface area contributed by atoms with Crippen LogP contribution in [0.4, 0.5) is 24.5 Å². The van der Waals surface area contributed by atoms with Crippen LogP contribution in [0.3, 0.4) is 0 Å². The molecule has 0 heterocycles. The Balaban J connectivity index is 1.84. The Morgan fingerprint density at radius 3 is 2.48 bits per heavy atom. The summed E-state index contributed by atoms with van der Waals surface area (Å²) in [5, 5.41) is 7.92. The van der Waals surface area contributed by atoms with Gasteiger partial charge in [-0.2, -0.15) is 13.2 Å². The number of amides is 1. The van der Waals surface area contributed by atoms with Gasteiger partial charge in [0, 0.05) is 0 Å². The molecule has 1 aromatic carbocycles. The zero-order chi connectivity index (χ0) is 15.3. The van der Waals surface area contributed by atoms with Crippen molar-refractivity contribution in [2.45, 2.75) is 19.0 Å². The van der Waals surface area contributed by atoms with Crippen LogP contribution in [0.5, 0.6) is 0 Å². The summed E-state index contributed by atoms with van der Waals surface area (Å²) in [4.78, 5) is 11.7. The Labute approximate surface area is 121 Å². The summed E-state index contributed by atoms with van der Waals surface area (Å²) in [7, 11) is 0. The monoisotopic (exact) mass is 301 g/mol. The standard InChI is InChI=1S/C14H18F3N3O/c15-14(16,17)9-19-11-3-1-2-4-12(11)20-13(21)8-18-7-10-5-6-10/h1-4,10,18-19H,5-9H2,(H,20,21). The number of nitrogens with one attached hydrogen (secondary N) is 3. The quantitative estimate of drug-likeness (QED) is 0.725. The molecule has 0 saturated heterocycles. The van der Waals surface area contributed by atoms with Gasteiger partial charge in [-0.15, -0.1) is 0 Å². The van der Waals surface area contributed by atoms with E-state index in [0.717, 1.165) is 6.54 Å². The van der Waals surface area contributed by atoms with Gasteiger partial charge in [0.1, 0.15) is 6.54 Å². The Hall–Kier alpha value is -1.76. The third-order valence-electron chi connectivity index (χ3n) is 3.10. The van der Waals surface area contributed by atoms with E-state index < -0.39 is 12.7 Å². The van der Waals surface area contributed by atoms with E-state index in [1.165, 1.54) is 18.9 Å². The van der Waals surface area contributed by atoms with Gasteiger partial charge in [-0.25, -0.2) is 0 Å². The average molecular weight is 301 g/mol. The Morgan fingerprint density at radius 1 is 1.19 bits per heavy atom. The Morgan fingerprint density at radius 2 is 1.86 bits per heavy atom. The maximum Gasteiger partial charge on any atom is 0.405 e. The molecular formula is C14H18F3N3O. The summed E-state index contributed by atoms with van der Waals surface area (Å²) < 4.78 is 36.7. The van der Waals surface area contributed by atoms with Crippen LogP contribution in [-0.2, 0) is 4.79 Å². The molecule has 1 fully saturated rings. The van der Waals surface area contributed by atoms with Crippen molar-refractivity contribution < 1.29 is 18.0 Å². The van der Waals surface area contributed by atoms with Crippen LogP contribution in [0.15, 0.2) is 24.3 Å². The van der Waals surface area contributed by atoms with Crippen LogP contribution in [0.1, 0.15) is 12.8 Å². The van der Waals surface area contributed by atoms with E-state index >= 15 is 0 Å². The highest BCUT2D eigenvalue weighted by Gasteiger charge is 2.27. The molecule has 0 aliphatic heterocycles. The molecule has 0 atom stereocenters. The molecule has 0 aromatic heterocycles. The molecule has 116 valence electrons. The number of carbonyl (C=O) groups is 1. The second-order valence-electron chi connectivity index (χ2n) is 5.14. The first-order valence-corrected chi connectivity index (χ1v) is 6.84. The van der Waals surface area contributed by atoms with Crippen molar-refractivity contribution in [1.82, 2.24) is 5.32 Å². The first-order chi connectivity index (χ1) is 9.94. The lowest BCUT2D eigenvalue weighted by molar-refractivity contribution is -0.115. The highest BCUT2D eigenvalue weighted by molar-refractivity contribution is 5.95. The number of halogens is 3. The van der Waals surface area contributed by atoms with Crippen molar-refractivity contribution in [2.75, 3.05) is 30.3 Å². The van der Waals surface area contributed by atoms with Crippen LogP contribution in [0.25, 0.3) is 0 Å². The van der Waals surface area contributed by atoms with Crippen molar-refractivity contribution in [1.29, 1.82) is 0 Å². The van der Waals surface area contributed by atoms with Crippen molar-refractivity contribution in [3.05, 3.63) is 24.3 Å². The summed E-state index contributed by atoms with van der Waals surface area (Å²) in [5.41, 5.74) is 0.602. The summed E-state index contributed by atoms with van der Waals surface area (Å²) in [6.45, 7) is -0.175. The molecule has 1 aromatic rings. The topological polar surface area (TPSA) is 53.2 Å². The molecule has 0 radical (unpaired) electrons. The SMILES string of the molecule is O=C(CNCC1CC1)Nc1ccccc1NCC(F)(F)F. The lowest BCUT2D eigenvalue weighted by Crippen LogP contribution is -2.30. The van der Waals surface area contributed by atoms with Crippen LogP contribution in [-0.4, -0.2) is 31.7 Å². The van der Waals surface area contributed by atoms with Gasteiger partial charge in [-0.3, -0.25) is 4.79 Å². The van der Waals surface area contributed by atoms with Gasteiger partial charge >= 0.3 is 6.18 Å². The number of carbonyl (C=O) groups excluding carboxylic acids is 1. The molecule has 21 heavy (non-hydrogen) atoms. The first-order valence-electron chi connectivity index (χ1n) is 6.84. The van der Waals surface area contributed by atoms with Gasteiger partial charge in [0.15, 0.2) is 0 Å². The zero-order valence-electron chi connectivity index (χ0n) is 11.5. The second-order valence-corrected chi connectivity index (χ2v) is 5.14. The fraction of sp³-hybridized carbons (Fsp3) is 0.500. The Bertz CT molecular complexity index is 487. The predicted molar refractivity (Wildman–Crippen MR) is 75.2 cm³/mol. The summed E-state index contributed by atoms with van der Waals surface area (Å²) in [6.07, 6.45) is -1.92. The average Bonchev–Trinajstić information content (AvgIpc) is 3.21. The van der Waals surface area contributed by atoms with Crippen molar-refractivity contribution >= 4 is 17.3 Å². The van der Waals surface area contributed by atoms with Gasteiger partial charge in [-0.1, -0.05) is 12.1 Å². The van der Waals surface area contributed by atoms with Gasteiger partial charge in [-0.05, 0) is 37.4 Å². The normalized spacial score (nSPS) is 14.8. The molecule has 2 rings (SSSR count). The van der Waals surface area contributed by atoms with E-state index in [1.807, 2.05) is 0 Å². The first kappa shape index (κ1) is 15.6. The molecule has 1 saturated carbocycles. The van der Waals surface area contributed by atoms with Gasteiger partial charge < -0.3 is 16.0 Å². The minimum atomic E-state index is -4.30. The maximum absolute atomic E-state index is 12.2. The molecule has 7 heteroatoms. The number of rotatable bonds is 7. The molecule has 0 bridgehead atoms. The molecular weight excluding hydrogens is 283 g/mol. The van der Waals surface area contributed by atoms with Crippen LogP contribution in [0, 0.1) is 5.92 Å². The number of para-hydroxylation sites is 2. The highest BCUT2D eigenvalue weighted by Crippen LogP contribution is 2.27. The number of hydrogen-bond acceptors (Lipinski definition) is 3. The van der Waals surface area contributed by atoms with E-state index in [-0.39, 0.29) is 18.1 Å². The smallest absolute Gasteiger partial charge is 0.375 e. The number of benzene rings is 1. The van der Waals surface area contributed by atoms with Gasteiger partial charge in [0.2, 0.25) is 5.91 Å². The van der Waals surface area contributed by atoms with Crippen molar-refractivity contribution in [3.8, 4) is 0 Å². The van der Waals surface area contributed by atoms with Gasteiger partial charge in [0.25, 0.3) is 0 Å². The van der Waals surface area contributed by atoms with E-state index in [1.54, 1.807) is 18.2 Å². The molecule has 0 spiro atoms. The fourth-order valence-corrected chi connectivity index (χ4v) is 1.85. The fourth-order valence-electron chi connectivity index (χ4n) is 1.85. The van der Waals surface area contributed by atoms with E-state index in [2.05, 4.69) is 16.0 Å². The van der Waals surface area contributed by atoms with E-state index in [0.29, 0.717) is 11.6 Å². The summed E-state index contributed by atoms with van der Waals surface area (Å²) in [5.74, 6) is 0.399. The number of alkyl halides is 3. The largest absolute Gasteiger partial charge is 0.405 e. The predicted octanol–water partition coefficient (Wildman–Crippen LogP) is 2.60.